The third-order valence-electron chi connectivity index (χ3n) is 2.75. The first-order chi connectivity index (χ1) is 10.2. The molecule has 108 valence electrons. The summed E-state index contributed by atoms with van der Waals surface area (Å²) >= 11 is 0. The van der Waals surface area contributed by atoms with Crippen LogP contribution in [0.2, 0.25) is 0 Å². The summed E-state index contributed by atoms with van der Waals surface area (Å²) in [5, 5.41) is 0. The second-order valence-corrected chi connectivity index (χ2v) is 4.21. The Morgan fingerprint density at radius 3 is 2.05 bits per heavy atom. The number of ether oxygens (including phenoxy) is 3. The van der Waals surface area contributed by atoms with Gasteiger partial charge in [0.05, 0.1) is 14.2 Å². The van der Waals surface area contributed by atoms with Crippen molar-refractivity contribution in [1.29, 1.82) is 0 Å². The molecule has 0 saturated carbocycles. The van der Waals surface area contributed by atoms with E-state index >= 15 is 0 Å². The van der Waals surface area contributed by atoms with Crippen molar-refractivity contribution in [3.8, 4) is 17.2 Å². The zero-order valence-electron chi connectivity index (χ0n) is 11.9. The van der Waals surface area contributed by atoms with Gasteiger partial charge in [0.15, 0.2) is 0 Å². The van der Waals surface area contributed by atoms with Gasteiger partial charge in [0.1, 0.15) is 17.2 Å². The van der Waals surface area contributed by atoms with Crippen molar-refractivity contribution in [3.63, 3.8) is 0 Å². The third kappa shape index (κ3) is 4.38. The Kier molecular flexibility index (Phi) is 4.99. The van der Waals surface area contributed by atoms with E-state index in [-0.39, 0.29) is 0 Å². The monoisotopic (exact) mass is 284 g/mol. The summed E-state index contributed by atoms with van der Waals surface area (Å²) in [6, 6.07) is 14.5. The normalized spacial score (nSPS) is 10.4. The van der Waals surface area contributed by atoms with Gasteiger partial charge in [0.25, 0.3) is 0 Å². The number of hydrogen-bond acceptors (Lipinski definition) is 4. The van der Waals surface area contributed by atoms with Crippen LogP contribution in [0.5, 0.6) is 17.2 Å². The standard InChI is InChI=1S/C17H16O4/c1-19-14-10-15(20-2)12-16(11-14)21-17(18)9-8-13-6-4-3-5-7-13/h3-12H,1-2H3. The highest BCUT2D eigenvalue weighted by Crippen LogP contribution is 2.27. The molecular weight excluding hydrogens is 268 g/mol. The molecule has 0 aliphatic rings. The van der Waals surface area contributed by atoms with Crippen molar-refractivity contribution >= 4 is 12.0 Å². The Morgan fingerprint density at radius 1 is 0.905 bits per heavy atom. The van der Waals surface area contributed by atoms with Crippen molar-refractivity contribution in [2.24, 2.45) is 0 Å². The van der Waals surface area contributed by atoms with Gasteiger partial charge >= 0.3 is 5.97 Å². The lowest BCUT2D eigenvalue weighted by Crippen LogP contribution is -2.04. The molecule has 0 aromatic heterocycles. The summed E-state index contributed by atoms with van der Waals surface area (Å²) < 4.78 is 15.5. The van der Waals surface area contributed by atoms with E-state index in [1.54, 1.807) is 24.3 Å². The molecule has 0 bridgehead atoms. The summed E-state index contributed by atoms with van der Waals surface area (Å²) in [5.74, 6) is 1.02. The maximum atomic E-state index is 11.8. The lowest BCUT2D eigenvalue weighted by Gasteiger charge is -2.07. The molecule has 0 amide bonds. The number of carbonyl (C=O) groups is 1. The predicted octanol–water partition coefficient (Wildman–Crippen LogP) is 3.32. The molecule has 0 atom stereocenters. The van der Waals surface area contributed by atoms with Gasteiger partial charge in [0.2, 0.25) is 0 Å². The minimum absolute atomic E-state index is 0.369. The second-order valence-electron chi connectivity index (χ2n) is 4.21. The zero-order valence-corrected chi connectivity index (χ0v) is 11.9. The van der Waals surface area contributed by atoms with Crippen molar-refractivity contribution in [1.82, 2.24) is 0 Å². The van der Waals surface area contributed by atoms with Gasteiger partial charge in [-0.05, 0) is 11.6 Å². The van der Waals surface area contributed by atoms with Gasteiger partial charge in [-0.1, -0.05) is 30.3 Å². The highest BCUT2D eigenvalue weighted by Gasteiger charge is 2.06. The van der Waals surface area contributed by atoms with E-state index in [9.17, 15) is 4.79 Å². The number of esters is 1. The molecule has 2 rings (SSSR count). The maximum absolute atomic E-state index is 11.8. The average molecular weight is 284 g/mol. The number of hydrogen-bond donors (Lipinski definition) is 0. The zero-order chi connectivity index (χ0) is 15.1. The molecule has 2 aromatic rings. The van der Waals surface area contributed by atoms with E-state index in [4.69, 9.17) is 14.2 Å². The van der Waals surface area contributed by atoms with Crippen LogP contribution in [0.4, 0.5) is 0 Å². The minimum Gasteiger partial charge on any atom is -0.496 e. The topological polar surface area (TPSA) is 44.8 Å². The third-order valence-corrected chi connectivity index (χ3v) is 2.75. The molecule has 0 aliphatic carbocycles. The average Bonchev–Trinajstić information content (AvgIpc) is 2.53. The molecule has 4 heteroatoms. The molecule has 2 aromatic carbocycles. The molecule has 0 fully saturated rings. The fourth-order valence-corrected chi connectivity index (χ4v) is 1.72. The molecule has 4 nitrogen and oxygen atoms in total. The Hall–Kier alpha value is -2.75. The van der Waals surface area contributed by atoms with Crippen LogP contribution in [-0.2, 0) is 4.79 Å². The second kappa shape index (κ2) is 7.14. The Balaban J connectivity index is 2.07. The quantitative estimate of drug-likeness (QED) is 0.480. The van der Waals surface area contributed by atoms with Crippen LogP contribution in [0.25, 0.3) is 6.08 Å². The van der Waals surface area contributed by atoms with Crippen molar-refractivity contribution in [2.45, 2.75) is 0 Å². The number of rotatable bonds is 5. The van der Waals surface area contributed by atoms with Gasteiger partial charge in [-0.15, -0.1) is 0 Å². The highest BCUT2D eigenvalue weighted by atomic mass is 16.5. The van der Waals surface area contributed by atoms with Crippen LogP contribution in [0.3, 0.4) is 0 Å². The van der Waals surface area contributed by atoms with E-state index in [1.807, 2.05) is 30.3 Å². The van der Waals surface area contributed by atoms with Crippen molar-refractivity contribution in [2.75, 3.05) is 14.2 Å². The Morgan fingerprint density at radius 2 is 1.48 bits per heavy atom. The first-order valence-electron chi connectivity index (χ1n) is 6.39. The van der Waals surface area contributed by atoms with E-state index < -0.39 is 5.97 Å². The molecule has 0 aliphatic heterocycles. The summed E-state index contributed by atoms with van der Waals surface area (Å²) in [6.45, 7) is 0. The molecule has 0 saturated heterocycles. The smallest absolute Gasteiger partial charge is 0.336 e. The maximum Gasteiger partial charge on any atom is 0.336 e. The van der Waals surface area contributed by atoms with Crippen molar-refractivity contribution in [3.05, 3.63) is 60.2 Å². The van der Waals surface area contributed by atoms with Gasteiger partial charge in [-0.2, -0.15) is 0 Å². The first-order valence-corrected chi connectivity index (χ1v) is 6.39. The summed E-state index contributed by atoms with van der Waals surface area (Å²) in [5.41, 5.74) is 0.928. The van der Waals surface area contributed by atoms with Gasteiger partial charge in [0, 0.05) is 24.3 Å². The SMILES string of the molecule is COc1cc(OC)cc(OC(=O)C=Cc2ccccc2)c1. The van der Waals surface area contributed by atoms with Crippen LogP contribution < -0.4 is 14.2 Å². The molecule has 0 unspecified atom stereocenters. The highest BCUT2D eigenvalue weighted by molar-refractivity contribution is 5.88. The fraction of sp³-hybridized carbons (Fsp3) is 0.118. The number of methoxy groups -OCH3 is 2. The summed E-state index contributed by atoms with van der Waals surface area (Å²) in [7, 11) is 3.07. The first kappa shape index (κ1) is 14.7. The number of benzene rings is 2. The van der Waals surface area contributed by atoms with E-state index in [0.717, 1.165) is 5.56 Å². The summed E-state index contributed by atoms with van der Waals surface area (Å²) in [6.07, 6.45) is 3.07. The van der Waals surface area contributed by atoms with Gasteiger partial charge in [-0.25, -0.2) is 4.79 Å². The Bertz CT molecular complexity index is 610. The van der Waals surface area contributed by atoms with Crippen LogP contribution in [-0.4, -0.2) is 20.2 Å². The largest absolute Gasteiger partial charge is 0.496 e. The molecule has 0 radical (unpaired) electrons. The number of carbonyl (C=O) groups excluding carboxylic acids is 1. The van der Waals surface area contributed by atoms with Gasteiger partial charge < -0.3 is 14.2 Å². The van der Waals surface area contributed by atoms with Gasteiger partial charge in [-0.3, -0.25) is 0 Å². The lowest BCUT2D eigenvalue weighted by molar-refractivity contribution is -0.128. The molecule has 0 heterocycles. The Labute approximate surface area is 123 Å². The van der Waals surface area contributed by atoms with E-state index in [0.29, 0.717) is 17.2 Å². The predicted molar refractivity (Wildman–Crippen MR) is 80.7 cm³/mol. The van der Waals surface area contributed by atoms with Crippen LogP contribution in [0, 0.1) is 0 Å². The molecule has 0 N–H and O–H groups in total. The minimum atomic E-state index is -0.464. The van der Waals surface area contributed by atoms with E-state index in [1.165, 1.54) is 20.3 Å². The summed E-state index contributed by atoms with van der Waals surface area (Å²) in [4.78, 5) is 11.8. The lowest BCUT2D eigenvalue weighted by atomic mass is 10.2. The molecular formula is C17H16O4. The van der Waals surface area contributed by atoms with Crippen LogP contribution in [0.1, 0.15) is 5.56 Å². The molecule has 21 heavy (non-hydrogen) atoms. The molecule has 0 spiro atoms. The van der Waals surface area contributed by atoms with Crippen molar-refractivity contribution < 1.29 is 19.0 Å². The van der Waals surface area contributed by atoms with E-state index in [2.05, 4.69) is 0 Å². The van der Waals surface area contributed by atoms with Crippen LogP contribution in [0.15, 0.2) is 54.6 Å². The van der Waals surface area contributed by atoms with Crippen LogP contribution >= 0.6 is 0 Å². The fourth-order valence-electron chi connectivity index (χ4n) is 1.72.